The number of hydrogen-bond acceptors (Lipinski definition) is 5. The van der Waals surface area contributed by atoms with Crippen molar-refractivity contribution in [1.82, 2.24) is 10.3 Å². The third-order valence-corrected chi connectivity index (χ3v) is 5.43. The van der Waals surface area contributed by atoms with E-state index in [9.17, 15) is 4.79 Å². The third-order valence-electron chi connectivity index (χ3n) is 3.32. The lowest BCUT2D eigenvalue weighted by molar-refractivity contribution is 0.0924. The first kappa shape index (κ1) is 14.8. The minimum atomic E-state index is -0.0527. The van der Waals surface area contributed by atoms with Crippen LogP contribution >= 0.6 is 23.1 Å². The van der Waals surface area contributed by atoms with Gasteiger partial charge in [0.25, 0.3) is 5.91 Å². The third kappa shape index (κ3) is 4.19. The summed E-state index contributed by atoms with van der Waals surface area (Å²) in [5.74, 6) is 1.10. The summed E-state index contributed by atoms with van der Waals surface area (Å²) in [5.41, 5.74) is 6.02. The summed E-state index contributed by atoms with van der Waals surface area (Å²) < 4.78 is 0. The van der Waals surface area contributed by atoms with Gasteiger partial charge in [-0.15, -0.1) is 11.3 Å². The lowest BCUT2D eigenvalue weighted by Gasteiger charge is -2.29. The molecule has 1 saturated carbocycles. The molecule has 1 amide bonds. The second kappa shape index (κ2) is 7.26. The Balaban J connectivity index is 1.87. The molecule has 2 rings (SSSR count). The average Bonchev–Trinajstić information content (AvgIpc) is 2.88. The van der Waals surface area contributed by atoms with Crippen LogP contribution in [0.4, 0.5) is 0 Å². The maximum absolute atomic E-state index is 12.1. The molecule has 0 saturated heterocycles. The zero-order valence-electron chi connectivity index (χ0n) is 11.2. The number of nitrogens with two attached hydrogens (primary N) is 1. The van der Waals surface area contributed by atoms with Crippen LogP contribution in [0, 0.1) is 0 Å². The van der Waals surface area contributed by atoms with Gasteiger partial charge >= 0.3 is 0 Å². The van der Waals surface area contributed by atoms with Gasteiger partial charge < -0.3 is 11.1 Å². The summed E-state index contributed by atoms with van der Waals surface area (Å²) >= 11 is 3.45. The number of carbonyl (C=O) groups is 1. The van der Waals surface area contributed by atoms with Gasteiger partial charge in [-0.05, 0) is 25.0 Å². The Morgan fingerprint density at radius 1 is 1.63 bits per heavy atom. The van der Waals surface area contributed by atoms with E-state index in [-0.39, 0.29) is 5.91 Å². The Bertz CT molecular complexity index is 420. The minimum absolute atomic E-state index is 0.0527. The second-order valence-electron chi connectivity index (χ2n) is 4.74. The van der Waals surface area contributed by atoms with E-state index in [0.717, 1.165) is 23.6 Å². The lowest BCUT2D eigenvalue weighted by atomic mass is 9.95. The number of thiazole rings is 1. The van der Waals surface area contributed by atoms with E-state index in [1.54, 1.807) is 5.38 Å². The van der Waals surface area contributed by atoms with Crippen LogP contribution in [-0.4, -0.2) is 27.9 Å². The van der Waals surface area contributed by atoms with Crippen molar-refractivity contribution in [3.63, 3.8) is 0 Å². The number of thioether (sulfide) groups is 1. The average molecular weight is 299 g/mol. The van der Waals surface area contributed by atoms with Crippen LogP contribution in [0.25, 0.3) is 0 Å². The molecule has 1 heterocycles. The molecule has 0 aromatic carbocycles. The van der Waals surface area contributed by atoms with Gasteiger partial charge in [-0.2, -0.15) is 11.8 Å². The van der Waals surface area contributed by atoms with Crippen molar-refractivity contribution >= 4 is 29.0 Å². The lowest BCUT2D eigenvalue weighted by Crippen LogP contribution is -2.39. The van der Waals surface area contributed by atoms with Crippen molar-refractivity contribution in [2.45, 2.75) is 50.4 Å². The Kier molecular flexibility index (Phi) is 5.66. The summed E-state index contributed by atoms with van der Waals surface area (Å²) in [5, 5.41) is 6.41. The molecular formula is C13H21N3OS2. The van der Waals surface area contributed by atoms with Gasteiger partial charge in [0, 0.05) is 23.2 Å². The molecule has 0 radical (unpaired) electrons. The molecule has 1 aromatic rings. The number of nitrogens with zero attached hydrogens (tertiary/aromatic N) is 1. The van der Waals surface area contributed by atoms with Crippen molar-refractivity contribution in [3.8, 4) is 0 Å². The molecule has 1 fully saturated rings. The van der Waals surface area contributed by atoms with Crippen molar-refractivity contribution in [2.75, 3.05) is 5.75 Å². The zero-order chi connectivity index (χ0) is 13.7. The molecule has 3 N–H and O–H groups in total. The van der Waals surface area contributed by atoms with Crippen molar-refractivity contribution in [2.24, 2.45) is 5.73 Å². The molecule has 2 atom stereocenters. The normalized spacial score (nSPS) is 23.3. The van der Waals surface area contributed by atoms with Crippen molar-refractivity contribution in [1.29, 1.82) is 0 Å². The van der Waals surface area contributed by atoms with Crippen LogP contribution in [0.3, 0.4) is 0 Å². The first-order valence-corrected chi connectivity index (χ1v) is 8.72. The second-order valence-corrected chi connectivity index (χ2v) is 7.26. The molecule has 19 heavy (non-hydrogen) atoms. The number of nitrogens with one attached hydrogen (secondary N) is 1. The van der Waals surface area contributed by atoms with Crippen LogP contribution in [0.15, 0.2) is 5.38 Å². The van der Waals surface area contributed by atoms with E-state index in [4.69, 9.17) is 5.73 Å². The molecule has 1 aromatic heterocycles. The van der Waals surface area contributed by atoms with Gasteiger partial charge in [0.1, 0.15) is 10.7 Å². The predicted octanol–water partition coefficient (Wildman–Crippen LogP) is 2.40. The molecule has 4 nitrogen and oxygen atoms in total. The first-order valence-electron chi connectivity index (χ1n) is 6.79. The largest absolute Gasteiger partial charge is 0.348 e. The molecule has 0 aliphatic heterocycles. The standard InChI is InChI=1S/C13H21N3OS2/c1-2-18-10-5-3-4-9(6-10)15-13(17)11-8-19-12(7-14)16-11/h8-10H,2-7,14H2,1H3,(H,15,17)/t9-,10-/m1/s1. The summed E-state index contributed by atoms with van der Waals surface area (Å²) in [4.78, 5) is 16.3. The SMILES string of the molecule is CCS[C@@H]1CCC[C@@H](NC(=O)c2csc(CN)n2)C1. The Hall–Kier alpha value is -0.590. The Morgan fingerprint density at radius 2 is 2.47 bits per heavy atom. The molecule has 0 bridgehead atoms. The highest BCUT2D eigenvalue weighted by Gasteiger charge is 2.24. The van der Waals surface area contributed by atoms with Gasteiger partial charge in [0.05, 0.1) is 0 Å². The molecule has 1 aliphatic carbocycles. The van der Waals surface area contributed by atoms with E-state index in [2.05, 4.69) is 17.2 Å². The van der Waals surface area contributed by atoms with Crippen LogP contribution < -0.4 is 11.1 Å². The molecule has 106 valence electrons. The monoisotopic (exact) mass is 299 g/mol. The van der Waals surface area contributed by atoms with Gasteiger partial charge in [-0.1, -0.05) is 13.3 Å². The highest BCUT2D eigenvalue weighted by molar-refractivity contribution is 7.99. The summed E-state index contributed by atoms with van der Waals surface area (Å²) in [6.07, 6.45) is 4.64. The molecule has 0 unspecified atom stereocenters. The van der Waals surface area contributed by atoms with E-state index >= 15 is 0 Å². The number of aromatic nitrogens is 1. The van der Waals surface area contributed by atoms with Crippen LogP contribution in [0.2, 0.25) is 0 Å². The molecular weight excluding hydrogens is 278 g/mol. The summed E-state index contributed by atoms with van der Waals surface area (Å²) in [7, 11) is 0. The fourth-order valence-corrected chi connectivity index (χ4v) is 4.26. The van der Waals surface area contributed by atoms with Gasteiger partial charge in [-0.3, -0.25) is 4.79 Å². The highest BCUT2D eigenvalue weighted by Crippen LogP contribution is 2.28. The Morgan fingerprint density at radius 3 is 3.16 bits per heavy atom. The fourth-order valence-electron chi connectivity index (χ4n) is 2.43. The molecule has 6 heteroatoms. The summed E-state index contributed by atoms with van der Waals surface area (Å²) in [6.45, 7) is 2.59. The number of hydrogen-bond donors (Lipinski definition) is 2. The van der Waals surface area contributed by atoms with Crippen molar-refractivity contribution < 1.29 is 4.79 Å². The smallest absolute Gasteiger partial charge is 0.270 e. The number of amides is 1. The van der Waals surface area contributed by atoms with Crippen LogP contribution in [0.1, 0.15) is 48.1 Å². The maximum Gasteiger partial charge on any atom is 0.270 e. The fraction of sp³-hybridized carbons (Fsp3) is 0.692. The maximum atomic E-state index is 12.1. The van der Waals surface area contributed by atoms with E-state index < -0.39 is 0 Å². The first-order chi connectivity index (χ1) is 9.22. The predicted molar refractivity (Wildman–Crippen MR) is 81.6 cm³/mol. The van der Waals surface area contributed by atoms with Gasteiger partial charge in [0.2, 0.25) is 0 Å². The number of rotatable bonds is 5. The molecule has 1 aliphatic rings. The van der Waals surface area contributed by atoms with Crippen LogP contribution in [0.5, 0.6) is 0 Å². The van der Waals surface area contributed by atoms with Crippen LogP contribution in [-0.2, 0) is 6.54 Å². The Labute approximate surface area is 122 Å². The van der Waals surface area contributed by atoms with E-state index in [0.29, 0.717) is 23.5 Å². The highest BCUT2D eigenvalue weighted by atomic mass is 32.2. The van der Waals surface area contributed by atoms with Gasteiger partial charge in [0.15, 0.2) is 0 Å². The van der Waals surface area contributed by atoms with Gasteiger partial charge in [-0.25, -0.2) is 4.98 Å². The zero-order valence-corrected chi connectivity index (χ0v) is 12.9. The number of carbonyl (C=O) groups excluding carboxylic acids is 1. The van der Waals surface area contributed by atoms with E-state index in [1.165, 1.54) is 24.2 Å². The molecule has 0 spiro atoms. The topological polar surface area (TPSA) is 68.0 Å². The summed E-state index contributed by atoms with van der Waals surface area (Å²) in [6, 6.07) is 0.299. The van der Waals surface area contributed by atoms with E-state index in [1.807, 2.05) is 11.8 Å². The van der Waals surface area contributed by atoms with Crippen molar-refractivity contribution in [3.05, 3.63) is 16.1 Å². The quantitative estimate of drug-likeness (QED) is 0.876. The minimum Gasteiger partial charge on any atom is -0.348 e.